The Morgan fingerprint density at radius 2 is 1.95 bits per heavy atom. The van der Waals surface area contributed by atoms with Gasteiger partial charge in [0.2, 0.25) is 0 Å². The van der Waals surface area contributed by atoms with E-state index in [2.05, 4.69) is 16.7 Å². The highest BCUT2D eigenvalue weighted by atomic mass is 16.5. The second-order valence-corrected chi connectivity index (χ2v) is 6.27. The quantitative estimate of drug-likeness (QED) is 0.805. The van der Waals surface area contributed by atoms with Crippen LogP contribution < -0.4 is 0 Å². The third kappa shape index (κ3) is 2.78. The molecule has 5 heteroatoms. The molecule has 1 N–H and O–H groups in total. The van der Waals surface area contributed by atoms with Crippen molar-refractivity contribution >= 4 is 5.97 Å². The molecule has 0 radical (unpaired) electrons. The number of rotatable bonds is 4. The van der Waals surface area contributed by atoms with Gasteiger partial charge in [-0.05, 0) is 24.7 Å². The Morgan fingerprint density at radius 1 is 1.26 bits per heavy atom. The lowest BCUT2D eigenvalue weighted by Crippen LogP contribution is -2.48. The summed E-state index contributed by atoms with van der Waals surface area (Å²) >= 11 is 0. The molecule has 0 aromatic carbocycles. The maximum absolute atomic E-state index is 11.5. The maximum Gasteiger partial charge on any atom is 0.321 e. The minimum absolute atomic E-state index is 0.242. The molecule has 108 valence electrons. The van der Waals surface area contributed by atoms with E-state index in [0.717, 1.165) is 52.2 Å². The highest BCUT2D eigenvalue weighted by Gasteiger charge is 2.45. The Kier molecular flexibility index (Phi) is 3.78. The van der Waals surface area contributed by atoms with E-state index in [1.807, 2.05) is 0 Å². The van der Waals surface area contributed by atoms with Gasteiger partial charge in [-0.2, -0.15) is 0 Å². The summed E-state index contributed by atoms with van der Waals surface area (Å²) in [5.74, 6) is 0.323. The van der Waals surface area contributed by atoms with Gasteiger partial charge in [-0.15, -0.1) is 0 Å². The number of hydrogen-bond donors (Lipinski definition) is 1. The van der Waals surface area contributed by atoms with Crippen LogP contribution in [-0.4, -0.2) is 72.4 Å². The summed E-state index contributed by atoms with van der Waals surface area (Å²) in [6.07, 6.45) is 2.17. The van der Waals surface area contributed by atoms with Gasteiger partial charge in [-0.3, -0.25) is 14.6 Å². The number of morpholine rings is 1. The van der Waals surface area contributed by atoms with Crippen LogP contribution >= 0.6 is 0 Å². The number of likely N-dealkylation sites (tertiary alicyclic amines) is 1. The Labute approximate surface area is 114 Å². The van der Waals surface area contributed by atoms with E-state index in [1.165, 1.54) is 0 Å². The molecule has 0 bridgehead atoms. The number of hydrogen-bond acceptors (Lipinski definition) is 4. The van der Waals surface area contributed by atoms with Gasteiger partial charge >= 0.3 is 5.97 Å². The van der Waals surface area contributed by atoms with E-state index < -0.39 is 5.97 Å². The molecule has 0 aromatic rings. The summed E-state index contributed by atoms with van der Waals surface area (Å²) in [6, 6.07) is 0.262. The molecule has 3 atom stereocenters. The fourth-order valence-corrected chi connectivity index (χ4v) is 3.67. The number of carboxylic acids is 1. The van der Waals surface area contributed by atoms with E-state index in [-0.39, 0.29) is 6.04 Å². The fourth-order valence-electron chi connectivity index (χ4n) is 3.67. The summed E-state index contributed by atoms with van der Waals surface area (Å²) in [6.45, 7) is 7.70. The number of nitrogens with zero attached hydrogens (tertiary/aromatic N) is 2. The molecule has 1 aliphatic carbocycles. The van der Waals surface area contributed by atoms with Crippen LogP contribution in [-0.2, 0) is 9.53 Å². The van der Waals surface area contributed by atoms with Gasteiger partial charge in [0.25, 0.3) is 0 Å². The standard InChI is InChI=1S/C14H24N2O3/c1-10-8-16(13(14(17)18)11-2-3-11)9-12(10)15-4-6-19-7-5-15/h10-13H,2-9H2,1H3,(H,17,18). The van der Waals surface area contributed by atoms with Crippen LogP contribution in [0.15, 0.2) is 0 Å². The van der Waals surface area contributed by atoms with Crippen molar-refractivity contribution in [2.75, 3.05) is 39.4 Å². The van der Waals surface area contributed by atoms with Gasteiger partial charge < -0.3 is 9.84 Å². The first-order chi connectivity index (χ1) is 9.16. The third-order valence-electron chi connectivity index (χ3n) is 4.83. The van der Waals surface area contributed by atoms with Crippen molar-refractivity contribution < 1.29 is 14.6 Å². The molecule has 1 saturated carbocycles. The summed E-state index contributed by atoms with van der Waals surface area (Å²) in [7, 11) is 0. The van der Waals surface area contributed by atoms with Crippen LogP contribution in [0.3, 0.4) is 0 Å². The summed E-state index contributed by atoms with van der Waals surface area (Å²) in [4.78, 5) is 16.2. The highest BCUT2D eigenvalue weighted by molar-refractivity contribution is 5.74. The lowest BCUT2D eigenvalue weighted by Gasteiger charge is -2.34. The summed E-state index contributed by atoms with van der Waals surface area (Å²) in [5, 5.41) is 9.45. The highest BCUT2D eigenvalue weighted by Crippen LogP contribution is 2.38. The van der Waals surface area contributed by atoms with E-state index in [1.54, 1.807) is 0 Å². The second-order valence-electron chi connectivity index (χ2n) is 6.27. The first-order valence-corrected chi connectivity index (χ1v) is 7.45. The van der Waals surface area contributed by atoms with Crippen LogP contribution in [0.2, 0.25) is 0 Å². The molecule has 2 aliphatic heterocycles. The number of carboxylic acid groups (broad SMARTS) is 1. The topological polar surface area (TPSA) is 53.0 Å². The smallest absolute Gasteiger partial charge is 0.321 e. The average molecular weight is 268 g/mol. The monoisotopic (exact) mass is 268 g/mol. The van der Waals surface area contributed by atoms with Gasteiger partial charge in [0.05, 0.1) is 13.2 Å². The average Bonchev–Trinajstić information content (AvgIpc) is 3.13. The Balaban J connectivity index is 1.64. The zero-order valence-corrected chi connectivity index (χ0v) is 11.6. The minimum Gasteiger partial charge on any atom is -0.480 e. The molecule has 0 aromatic heterocycles. The van der Waals surface area contributed by atoms with Gasteiger partial charge in [0.15, 0.2) is 0 Å². The van der Waals surface area contributed by atoms with Crippen molar-refractivity contribution in [2.24, 2.45) is 11.8 Å². The Bertz CT molecular complexity index is 340. The molecule has 19 heavy (non-hydrogen) atoms. The van der Waals surface area contributed by atoms with Crippen molar-refractivity contribution in [1.29, 1.82) is 0 Å². The zero-order chi connectivity index (χ0) is 13.4. The van der Waals surface area contributed by atoms with E-state index in [4.69, 9.17) is 4.74 Å². The van der Waals surface area contributed by atoms with Crippen molar-refractivity contribution in [3.63, 3.8) is 0 Å². The van der Waals surface area contributed by atoms with Crippen molar-refractivity contribution in [3.05, 3.63) is 0 Å². The fraction of sp³-hybridized carbons (Fsp3) is 0.929. The molecule has 5 nitrogen and oxygen atoms in total. The van der Waals surface area contributed by atoms with Gasteiger partial charge in [0, 0.05) is 32.2 Å². The van der Waals surface area contributed by atoms with Crippen LogP contribution in [0.1, 0.15) is 19.8 Å². The van der Waals surface area contributed by atoms with E-state index in [9.17, 15) is 9.90 Å². The van der Waals surface area contributed by atoms with Crippen molar-refractivity contribution in [1.82, 2.24) is 9.80 Å². The number of ether oxygens (including phenoxy) is 1. The Morgan fingerprint density at radius 3 is 2.53 bits per heavy atom. The summed E-state index contributed by atoms with van der Waals surface area (Å²) in [5.41, 5.74) is 0. The second kappa shape index (κ2) is 5.38. The normalized spacial score (nSPS) is 35.4. The number of carbonyl (C=O) groups is 1. The predicted octanol–water partition coefficient (Wildman–Crippen LogP) is 0.502. The van der Waals surface area contributed by atoms with E-state index in [0.29, 0.717) is 17.9 Å². The summed E-state index contributed by atoms with van der Waals surface area (Å²) < 4.78 is 5.41. The maximum atomic E-state index is 11.5. The lowest BCUT2D eigenvalue weighted by molar-refractivity contribution is -0.143. The Hall–Kier alpha value is -0.650. The molecule has 3 rings (SSSR count). The molecule has 2 heterocycles. The first-order valence-electron chi connectivity index (χ1n) is 7.45. The molecular formula is C14H24N2O3. The van der Waals surface area contributed by atoms with Crippen molar-refractivity contribution in [3.8, 4) is 0 Å². The SMILES string of the molecule is CC1CN(C(C(=O)O)C2CC2)CC1N1CCOCC1. The van der Waals surface area contributed by atoms with Crippen LogP contribution in [0.4, 0.5) is 0 Å². The predicted molar refractivity (Wildman–Crippen MR) is 71.1 cm³/mol. The molecule has 3 fully saturated rings. The molecule has 3 unspecified atom stereocenters. The third-order valence-corrected chi connectivity index (χ3v) is 4.83. The number of aliphatic carboxylic acids is 1. The van der Waals surface area contributed by atoms with Gasteiger partial charge in [0.1, 0.15) is 6.04 Å². The molecular weight excluding hydrogens is 244 g/mol. The van der Waals surface area contributed by atoms with Crippen LogP contribution in [0.25, 0.3) is 0 Å². The molecule has 0 amide bonds. The largest absolute Gasteiger partial charge is 0.480 e. The molecule has 2 saturated heterocycles. The van der Waals surface area contributed by atoms with Crippen molar-refractivity contribution in [2.45, 2.75) is 31.8 Å². The van der Waals surface area contributed by atoms with E-state index >= 15 is 0 Å². The first kappa shape index (κ1) is 13.3. The molecule has 0 spiro atoms. The van der Waals surface area contributed by atoms with Gasteiger partial charge in [-0.25, -0.2) is 0 Å². The minimum atomic E-state index is -0.627. The van der Waals surface area contributed by atoms with Gasteiger partial charge in [-0.1, -0.05) is 6.92 Å². The van der Waals surface area contributed by atoms with Crippen LogP contribution in [0, 0.1) is 11.8 Å². The zero-order valence-electron chi connectivity index (χ0n) is 11.6. The van der Waals surface area contributed by atoms with Crippen LogP contribution in [0.5, 0.6) is 0 Å². The molecule has 3 aliphatic rings. The lowest BCUT2D eigenvalue weighted by atomic mass is 10.0.